The number of hydrogen-bond acceptors (Lipinski definition) is 5. The molecule has 19 heavy (non-hydrogen) atoms. The number of amides is 1. The average molecular weight is 291 g/mol. The molecule has 0 radical (unpaired) electrons. The molecular formula is C11H21N3O4S. The fourth-order valence-electron chi connectivity index (χ4n) is 2.75. The lowest BCUT2D eigenvalue weighted by Gasteiger charge is -2.29. The quantitative estimate of drug-likeness (QED) is 0.689. The number of hydrogen-bond donors (Lipinski definition) is 3. The summed E-state index contributed by atoms with van der Waals surface area (Å²) in [6.45, 7) is 3.31. The number of piperidine rings is 1. The van der Waals surface area contributed by atoms with E-state index in [4.69, 9.17) is 4.74 Å². The molecule has 1 amide bonds. The monoisotopic (exact) mass is 291 g/mol. The predicted molar refractivity (Wildman–Crippen MR) is 69.8 cm³/mol. The first-order chi connectivity index (χ1) is 8.84. The molecule has 0 spiro atoms. The standard InChI is InChI=1S/C11H21N3O4S/c1-7(2)18-11(15)14-19(16,17)13-10-5-8-3-4-9(6-10)12-8/h7-10,12-13H,3-6H2,1-2H3,(H,14,15). The second kappa shape index (κ2) is 5.64. The lowest BCUT2D eigenvalue weighted by molar-refractivity contribution is 0.121. The summed E-state index contributed by atoms with van der Waals surface area (Å²) in [7, 11) is -3.85. The Morgan fingerprint density at radius 2 is 1.84 bits per heavy atom. The van der Waals surface area contributed by atoms with E-state index in [1.54, 1.807) is 13.8 Å². The van der Waals surface area contributed by atoms with Crippen molar-refractivity contribution >= 4 is 16.3 Å². The van der Waals surface area contributed by atoms with E-state index in [-0.39, 0.29) is 12.1 Å². The molecule has 8 heteroatoms. The van der Waals surface area contributed by atoms with Gasteiger partial charge in [0.2, 0.25) is 0 Å². The van der Waals surface area contributed by atoms with Crippen LogP contribution >= 0.6 is 0 Å². The van der Waals surface area contributed by atoms with Gasteiger partial charge in [0.05, 0.1) is 6.10 Å². The van der Waals surface area contributed by atoms with Gasteiger partial charge in [0, 0.05) is 18.1 Å². The van der Waals surface area contributed by atoms with Gasteiger partial charge >= 0.3 is 16.3 Å². The third-order valence-corrected chi connectivity index (χ3v) is 4.43. The zero-order valence-corrected chi connectivity index (χ0v) is 12.0. The molecule has 7 nitrogen and oxygen atoms in total. The van der Waals surface area contributed by atoms with E-state index in [2.05, 4.69) is 10.0 Å². The zero-order valence-electron chi connectivity index (χ0n) is 11.2. The number of carbonyl (C=O) groups excluding carboxylic acids is 1. The molecule has 2 fully saturated rings. The molecule has 2 unspecified atom stereocenters. The molecule has 0 aromatic heterocycles. The second-order valence-corrected chi connectivity index (χ2v) is 6.93. The Bertz CT molecular complexity index is 425. The first kappa shape index (κ1) is 14.5. The molecule has 2 bridgehead atoms. The van der Waals surface area contributed by atoms with Crippen LogP contribution in [0.15, 0.2) is 0 Å². The molecule has 0 aromatic carbocycles. The predicted octanol–water partition coefficient (Wildman–Crippen LogP) is 0.238. The van der Waals surface area contributed by atoms with Crippen LogP contribution in [0, 0.1) is 0 Å². The van der Waals surface area contributed by atoms with E-state index in [0.717, 1.165) is 25.7 Å². The van der Waals surface area contributed by atoms with E-state index in [1.807, 2.05) is 4.72 Å². The van der Waals surface area contributed by atoms with E-state index in [9.17, 15) is 13.2 Å². The number of carbonyl (C=O) groups is 1. The van der Waals surface area contributed by atoms with Crippen molar-refractivity contribution in [3.8, 4) is 0 Å². The van der Waals surface area contributed by atoms with E-state index < -0.39 is 16.3 Å². The highest BCUT2D eigenvalue weighted by Crippen LogP contribution is 2.26. The summed E-state index contributed by atoms with van der Waals surface area (Å²) < 4.78 is 32.7. The van der Waals surface area contributed by atoms with E-state index in [1.165, 1.54) is 0 Å². The van der Waals surface area contributed by atoms with Crippen LogP contribution in [0.2, 0.25) is 0 Å². The van der Waals surface area contributed by atoms with Crippen molar-refractivity contribution in [1.29, 1.82) is 0 Å². The van der Waals surface area contributed by atoms with Gasteiger partial charge in [-0.3, -0.25) is 0 Å². The number of nitrogens with one attached hydrogen (secondary N) is 3. The molecule has 3 N–H and O–H groups in total. The molecule has 0 aliphatic carbocycles. The molecule has 2 aliphatic heterocycles. The third kappa shape index (κ3) is 4.32. The maximum Gasteiger partial charge on any atom is 0.422 e. The van der Waals surface area contributed by atoms with Crippen molar-refractivity contribution in [3.05, 3.63) is 0 Å². The number of fused-ring (bicyclic) bond motifs is 2. The SMILES string of the molecule is CC(C)OC(=O)NS(=O)(=O)NC1CC2CCC(C1)N2. The summed E-state index contributed by atoms with van der Waals surface area (Å²) in [5, 5.41) is 3.43. The van der Waals surface area contributed by atoms with Crippen molar-refractivity contribution in [1.82, 2.24) is 14.8 Å². The van der Waals surface area contributed by atoms with E-state index in [0.29, 0.717) is 12.1 Å². The molecule has 2 rings (SSSR count). The van der Waals surface area contributed by atoms with Crippen LogP contribution in [0.25, 0.3) is 0 Å². The molecule has 2 aliphatic rings. The van der Waals surface area contributed by atoms with Crippen LogP contribution in [0.4, 0.5) is 4.79 Å². The van der Waals surface area contributed by atoms with Crippen LogP contribution in [-0.4, -0.2) is 38.7 Å². The first-order valence-electron chi connectivity index (χ1n) is 6.61. The van der Waals surface area contributed by atoms with Crippen LogP contribution < -0.4 is 14.8 Å². The minimum atomic E-state index is -3.85. The van der Waals surface area contributed by atoms with Gasteiger partial charge in [0.15, 0.2) is 0 Å². The largest absolute Gasteiger partial charge is 0.446 e. The van der Waals surface area contributed by atoms with Crippen molar-refractivity contribution in [2.75, 3.05) is 0 Å². The maximum atomic E-state index is 11.8. The summed E-state index contributed by atoms with van der Waals surface area (Å²) in [4.78, 5) is 11.3. The lowest BCUT2D eigenvalue weighted by Crippen LogP contribution is -2.51. The van der Waals surface area contributed by atoms with Gasteiger partial charge in [-0.25, -0.2) is 9.52 Å². The highest BCUT2D eigenvalue weighted by molar-refractivity contribution is 7.88. The van der Waals surface area contributed by atoms with Gasteiger partial charge in [0.1, 0.15) is 0 Å². The Balaban J connectivity index is 1.85. The topological polar surface area (TPSA) is 96.5 Å². The van der Waals surface area contributed by atoms with Gasteiger partial charge in [-0.1, -0.05) is 0 Å². The van der Waals surface area contributed by atoms with Crippen molar-refractivity contribution in [2.24, 2.45) is 0 Å². The summed E-state index contributed by atoms with van der Waals surface area (Å²) in [5.74, 6) is 0. The molecular weight excluding hydrogens is 270 g/mol. The molecule has 0 aromatic rings. The Morgan fingerprint density at radius 1 is 1.26 bits per heavy atom. The normalized spacial score (nSPS) is 30.4. The highest BCUT2D eigenvalue weighted by atomic mass is 32.2. The summed E-state index contributed by atoms with van der Waals surface area (Å²) in [6.07, 6.45) is 2.40. The average Bonchev–Trinajstić information content (AvgIpc) is 2.54. The lowest BCUT2D eigenvalue weighted by atomic mass is 10.0. The third-order valence-electron chi connectivity index (χ3n) is 3.36. The minimum absolute atomic E-state index is 0.122. The fourth-order valence-corrected chi connectivity index (χ4v) is 3.71. The van der Waals surface area contributed by atoms with Crippen molar-refractivity contribution < 1.29 is 17.9 Å². The molecule has 110 valence electrons. The number of ether oxygens (including phenoxy) is 1. The van der Waals surface area contributed by atoms with Crippen LogP contribution in [0.1, 0.15) is 39.5 Å². The van der Waals surface area contributed by atoms with Gasteiger partial charge < -0.3 is 10.1 Å². The highest BCUT2D eigenvalue weighted by Gasteiger charge is 2.35. The molecule has 2 heterocycles. The summed E-state index contributed by atoms with van der Waals surface area (Å²) in [5.41, 5.74) is 0. The van der Waals surface area contributed by atoms with Gasteiger partial charge in [0.25, 0.3) is 0 Å². The molecule has 0 saturated carbocycles. The Labute approximate surface area is 113 Å². The zero-order chi connectivity index (χ0) is 14.0. The smallest absolute Gasteiger partial charge is 0.422 e. The second-order valence-electron chi connectivity index (χ2n) is 5.48. The maximum absolute atomic E-state index is 11.8. The molecule has 2 atom stereocenters. The summed E-state index contributed by atoms with van der Waals surface area (Å²) >= 11 is 0. The summed E-state index contributed by atoms with van der Waals surface area (Å²) in [6, 6.07) is 0.645. The number of rotatable bonds is 4. The van der Waals surface area contributed by atoms with Crippen molar-refractivity contribution in [3.63, 3.8) is 0 Å². The van der Waals surface area contributed by atoms with Gasteiger partial charge in [-0.05, 0) is 39.5 Å². The van der Waals surface area contributed by atoms with E-state index >= 15 is 0 Å². The van der Waals surface area contributed by atoms with Crippen LogP contribution in [0.5, 0.6) is 0 Å². The van der Waals surface area contributed by atoms with Gasteiger partial charge in [-0.15, -0.1) is 0 Å². The minimum Gasteiger partial charge on any atom is -0.446 e. The van der Waals surface area contributed by atoms with Crippen LogP contribution in [-0.2, 0) is 14.9 Å². The van der Waals surface area contributed by atoms with Crippen LogP contribution in [0.3, 0.4) is 0 Å². The Hall–Kier alpha value is -0.860. The molecule has 2 saturated heterocycles. The first-order valence-corrected chi connectivity index (χ1v) is 8.09. The fraction of sp³-hybridized carbons (Fsp3) is 0.909. The van der Waals surface area contributed by atoms with Crippen molar-refractivity contribution in [2.45, 2.75) is 63.8 Å². The van der Waals surface area contributed by atoms with Gasteiger partial charge in [-0.2, -0.15) is 13.1 Å². The Morgan fingerprint density at radius 3 is 2.37 bits per heavy atom. The Kier molecular flexibility index (Phi) is 4.32.